The summed E-state index contributed by atoms with van der Waals surface area (Å²) < 4.78 is 5.09. The number of piperidine rings is 1. The van der Waals surface area contributed by atoms with Crippen LogP contribution < -0.4 is 0 Å². The molecule has 0 aliphatic carbocycles. The van der Waals surface area contributed by atoms with Gasteiger partial charge < -0.3 is 14.5 Å². The highest BCUT2D eigenvalue weighted by Crippen LogP contribution is 2.20. The van der Waals surface area contributed by atoms with Crippen molar-refractivity contribution in [2.24, 2.45) is 0 Å². The number of ether oxygens (including phenoxy) is 1. The lowest BCUT2D eigenvalue weighted by Gasteiger charge is -2.39. The minimum absolute atomic E-state index is 0.0491. The topological polar surface area (TPSA) is 49.9 Å². The number of nitrogens with zero attached hydrogens (tertiary/aromatic N) is 2. The zero-order chi connectivity index (χ0) is 15.4. The van der Waals surface area contributed by atoms with Gasteiger partial charge in [-0.25, -0.2) is 4.79 Å². The molecule has 3 rings (SSSR count). The molecule has 5 nitrogen and oxygen atoms in total. The molecular formula is C16H20N2O3S. The van der Waals surface area contributed by atoms with E-state index in [4.69, 9.17) is 4.74 Å². The van der Waals surface area contributed by atoms with E-state index in [0.717, 1.165) is 30.7 Å². The number of hydrogen-bond donors (Lipinski definition) is 0. The summed E-state index contributed by atoms with van der Waals surface area (Å²) in [6.07, 6.45) is 5.85. The first-order valence-electron chi connectivity index (χ1n) is 7.68. The maximum Gasteiger partial charge on any atom is 0.410 e. The van der Waals surface area contributed by atoms with Crippen LogP contribution in [0.4, 0.5) is 4.79 Å². The molecule has 0 N–H and O–H groups in total. The van der Waals surface area contributed by atoms with Gasteiger partial charge in [-0.15, -0.1) is 11.3 Å². The predicted octanol–water partition coefficient (Wildman–Crippen LogP) is 2.59. The molecule has 2 aliphatic rings. The van der Waals surface area contributed by atoms with E-state index < -0.39 is 0 Å². The summed E-state index contributed by atoms with van der Waals surface area (Å²) in [6.45, 7) is 2.69. The second-order valence-electron chi connectivity index (χ2n) is 5.57. The second kappa shape index (κ2) is 6.96. The normalized spacial score (nSPS) is 20.5. The largest absolute Gasteiger partial charge is 0.449 e. The smallest absolute Gasteiger partial charge is 0.410 e. The molecule has 0 aromatic carbocycles. The van der Waals surface area contributed by atoms with Crippen molar-refractivity contribution >= 4 is 29.4 Å². The molecule has 2 aliphatic heterocycles. The van der Waals surface area contributed by atoms with Crippen LogP contribution >= 0.6 is 11.3 Å². The molecular weight excluding hydrogens is 300 g/mol. The van der Waals surface area contributed by atoms with Gasteiger partial charge in [-0.1, -0.05) is 6.07 Å². The number of carbonyl (C=O) groups excluding carboxylic acids is 2. The van der Waals surface area contributed by atoms with E-state index in [-0.39, 0.29) is 18.0 Å². The summed E-state index contributed by atoms with van der Waals surface area (Å²) in [6, 6.07) is 4.17. The van der Waals surface area contributed by atoms with Crippen molar-refractivity contribution in [1.82, 2.24) is 9.80 Å². The number of rotatable bonds is 3. The van der Waals surface area contributed by atoms with Gasteiger partial charge in [0.1, 0.15) is 0 Å². The van der Waals surface area contributed by atoms with E-state index >= 15 is 0 Å². The SMILES string of the molecule is O=C(C=Cc1cccs1)N1CCC(N2CCCOC2=O)CC1. The molecule has 0 radical (unpaired) electrons. The first-order chi connectivity index (χ1) is 10.7. The average Bonchev–Trinajstić information content (AvgIpc) is 3.07. The van der Waals surface area contributed by atoms with Crippen molar-refractivity contribution in [3.8, 4) is 0 Å². The Morgan fingerprint density at radius 2 is 2.14 bits per heavy atom. The van der Waals surface area contributed by atoms with Gasteiger partial charge in [-0.05, 0) is 36.8 Å². The standard InChI is InChI=1S/C16H20N2O3S/c19-15(5-4-14-3-1-12-22-14)17-9-6-13(7-10-17)18-8-2-11-21-16(18)20/h1,3-5,12-13H,2,6-11H2. The van der Waals surface area contributed by atoms with E-state index in [2.05, 4.69) is 0 Å². The summed E-state index contributed by atoms with van der Waals surface area (Å²) in [5.41, 5.74) is 0. The van der Waals surface area contributed by atoms with E-state index in [1.165, 1.54) is 0 Å². The van der Waals surface area contributed by atoms with E-state index in [0.29, 0.717) is 19.7 Å². The first-order valence-corrected chi connectivity index (χ1v) is 8.56. The lowest BCUT2D eigenvalue weighted by molar-refractivity contribution is -0.127. The second-order valence-corrected chi connectivity index (χ2v) is 6.55. The highest BCUT2D eigenvalue weighted by Gasteiger charge is 2.31. The van der Waals surface area contributed by atoms with Gasteiger partial charge in [0.05, 0.1) is 6.61 Å². The molecule has 0 saturated carbocycles. The summed E-state index contributed by atoms with van der Waals surface area (Å²) in [4.78, 5) is 28.7. The number of hydrogen-bond acceptors (Lipinski definition) is 4. The van der Waals surface area contributed by atoms with Crippen LogP contribution in [0.3, 0.4) is 0 Å². The fourth-order valence-corrected chi connectivity index (χ4v) is 3.56. The number of thiophene rings is 1. The summed E-state index contributed by atoms with van der Waals surface area (Å²) in [5, 5.41) is 1.99. The molecule has 118 valence electrons. The van der Waals surface area contributed by atoms with Crippen molar-refractivity contribution in [3.05, 3.63) is 28.5 Å². The van der Waals surface area contributed by atoms with Crippen molar-refractivity contribution in [2.45, 2.75) is 25.3 Å². The Bertz CT molecular complexity index is 548. The number of carbonyl (C=O) groups is 2. The summed E-state index contributed by atoms with van der Waals surface area (Å²) in [5.74, 6) is 0.0491. The highest BCUT2D eigenvalue weighted by molar-refractivity contribution is 7.10. The Kier molecular flexibility index (Phi) is 4.77. The number of amides is 2. The molecule has 22 heavy (non-hydrogen) atoms. The molecule has 2 amide bonds. The molecule has 6 heteroatoms. The minimum Gasteiger partial charge on any atom is -0.449 e. The summed E-state index contributed by atoms with van der Waals surface area (Å²) >= 11 is 1.62. The molecule has 3 heterocycles. The molecule has 2 saturated heterocycles. The molecule has 1 aromatic rings. The predicted molar refractivity (Wildman–Crippen MR) is 85.6 cm³/mol. The molecule has 0 spiro atoms. The third-order valence-electron chi connectivity index (χ3n) is 4.15. The van der Waals surface area contributed by atoms with Crippen LogP contribution in [-0.2, 0) is 9.53 Å². The molecule has 0 bridgehead atoms. The van der Waals surface area contributed by atoms with Gasteiger partial charge in [0.15, 0.2) is 0 Å². The van der Waals surface area contributed by atoms with E-state index in [1.54, 1.807) is 17.4 Å². The van der Waals surface area contributed by atoms with Gasteiger partial charge in [-0.2, -0.15) is 0 Å². The summed E-state index contributed by atoms with van der Waals surface area (Å²) in [7, 11) is 0. The zero-order valence-electron chi connectivity index (χ0n) is 12.4. The van der Waals surface area contributed by atoms with Crippen molar-refractivity contribution < 1.29 is 14.3 Å². The van der Waals surface area contributed by atoms with E-state index in [1.807, 2.05) is 33.4 Å². The maximum absolute atomic E-state index is 12.2. The van der Waals surface area contributed by atoms with Crippen LogP contribution in [0.5, 0.6) is 0 Å². The third kappa shape index (κ3) is 3.50. The van der Waals surface area contributed by atoms with Gasteiger partial charge in [0.2, 0.25) is 5.91 Å². The monoisotopic (exact) mass is 320 g/mol. The Morgan fingerprint density at radius 3 is 2.82 bits per heavy atom. The minimum atomic E-state index is -0.200. The van der Waals surface area contributed by atoms with Crippen LogP contribution in [0, 0.1) is 0 Å². The molecule has 0 atom stereocenters. The van der Waals surface area contributed by atoms with Crippen molar-refractivity contribution in [2.75, 3.05) is 26.2 Å². The molecule has 0 unspecified atom stereocenters. The fraction of sp³-hybridized carbons (Fsp3) is 0.500. The van der Waals surface area contributed by atoms with Gasteiger partial charge >= 0.3 is 6.09 Å². The van der Waals surface area contributed by atoms with Crippen LogP contribution in [0.15, 0.2) is 23.6 Å². The lowest BCUT2D eigenvalue weighted by atomic mass is 10.0. The van der Waals surface area contributed by atoms with Crippen molar-refractivity contribution in [1.29, 1.82) is 0 Å². The van der Waals surface area contributed by atoms with Gasteiger partial charge in [-0.3, -0.25) is 4.79 Å². The van der Waals surface area contributed by atoms with Crippen LogP contribution in [-0.4, -0.2) is 54.1 Å². The molecule has 2 fully saturated rings. The Labute approximate surface area is 134 Å². The first kappa shape index (κ1) is 15.1. The zero-order valence-corrected chi connectivity index (χ0v) is 13.3. The maximum atomic E-state index is 12.2. The van der Waals surface area contributed by atoms with Crippen LogP contribution in [0.2, 0.25) is 0 Å². The van der Waals surface area contributed by atoms with Gasteiger partial charge in [0.25, 0.3) is 0 Å². The quantitative estimate of drug-likeness (QED) is 0.804. The number of cyclic esters (lactones) is 1. The molecule has 1 aromatic heterocycles. The average molecular weight is 320 g/mol. The Balaban J connectivity index is 1.50. The number of likely N-dealkylation sites (tertiary alicyclic amines) is 1. The van der Waals surface area contributed by atoms with Crippen molar-refractivity contribution in [3.63, 3.8) is 0 Å². The Morgan fingerprint density at radius 1 is 1.32 bits per heavy atom. The third-order valence-corrected chi connectivity index (χ3v) is 4.99. The van der Waals surface area contributed by atoms with Crippen LogP contribution in [0.25, 0.3) is 6.08 Å². The van der Waals surface area contributed by atoms with E-state index in [9.17, 15) is 9.59 Å². The fourth-order valence-electron chi connectivity index (χ4n) is 2.94. The van der Waals surface area contributed by atoms with Gasteiger partial charge in [0, 0.05) is 36.6 Å². The Hall–Kier alpha value is -1.82. The lowest BCUT2D eigenvalue weighted by Crippen LogP contribution is -2.50. The van der Waals surface area contributed by atoms with Crippen LogP contribution in [0.1, 0.15) is 24.1 Å². The highest BCUT2D eigenvalue weighted by atomic mass is 32.1.